The number of benzene rings is 1. The maximum atomic E-state index is 12.0. The van der Waals surface area contributed by atoms with Crippen molar-refractivity contribution in [3.05, 3.63) is 41.8 Å². The van der Waals surface area contributed by atoms with Crippen molar-refractivity contribution in [3.63, 3.8) is 0 Å². The van der Waals surface area contributed by atoms with Gasteiger partial charge < -0.3 is 15.5 Å². The number of rotatable bonds is 5. The molecule has 0 spiro atoms. The Morgan fingerprint density at radius 2 is 1.92 bits per heavy atom. The van der Waals surface area contributed by atoms with Gasteiger partial charge in [0.15, 0.2) is 0 Å². The maximum Gasteiger partial charge on any atom is 0.237 e. The molecule has 0 saturated carbocycles. The van der Waals surface area contributed by atoms with Gasteiger partial charge in [-0.1, -0.05) is 38.5 Å². The van der Waals surface area contributed by atoms with E-state index in [1.807, 2.05) is 52.0 Å². The summed E-state index contributed by atoms with van der Waals surface area (Å²) in [6.45, 7) is 8.37. The average molecular weight is 352 g/mol. The van der Waals surface area contributed by atoms with Gasteiger partial charge in [-0.25, -0.2) is 4.98 Å². The molecule has 132 valence electrons. The lowest BCUT2D eigenvalue weighted by Gasteiger charge is -2.25. The molecule has 0 aliphatic carbocycles. The Morgan fingerprint density at radius 3 is 2.50 bits per heavy atom. The zero-order chi connectivity index (χ0) is 17.0. The molecular weight excluding hydrogens is 326 g/mol. The highest BCUT2D eigenvalue weighted by atomic mass is 35.5. The number of carbonyl (C=O) groups is 1. The number of hydrogen-bond acceptors (Lipinski definition) is 4. The van der Waals surface area contributed by atoms with Gasteiger partial charge in [0, 0.05) is 18.5 Å². The Kier molecular flexibility index (Phi) is 6.99. The number of nitrogens with two attached hydrogens (primary N) is 1. The van der Waals surface area contributed by atoms with Crippen molar-refractivity contribution < 1.29 is 9.21 Å². The number of oxazole rings is 1. The van der Waals surface area contributed by atoms with Crippen LogP contribution in [-0.4, -0.2) is 23.5 Å². The SMILES string of the molecule is Cc1ccc(-c2nc(CCNC(=O)[C@@H](N)C(C)(C)C)co2)cc1.Cl. The number of nitrogens with one attached hydrogen (secondary N) is 1. The molecule has 2 aromatic rings. The number of aromatic nitrogens is 1. The number of hydrogen-bond donors (Lipinski definition) is 2. The highest BCUT2D eigenvalue weighted by Gasteiger charge is 2.27. The summed E-state index contributed by atoms with van der Waals surface area (Å²) in [6.07, 6.45) is 2.24. The van der Waals surface area contributed by atoms with Crippen molar-refractivity contribution in [1.82, 2.24) is 10.3 Å². The molecule has 0 bridgehead atoms. The third kappa shape index (κ3) is 5.35. The second-order valence-electron chi connectivity index (χ2n) is 6.89. The first kappa shape index (κ1) is 20.2. The molecule has 1 aromatic heterocycles. The molecule has 0 saturated heterocycles. The van der Waals surface area contributed by atoms with Gasteiger partial charge >= 0.3 is 0 Å². The van der Waals surface area contributed by atoms with E-state index in [0.29, 0.717) is 18.9 Å². The van der Waals surface area contributed by atoms with Gasteiger partial charge in [0.2, 0.25) is 11.8 Å². The molecule has 1 aromatic carbocycles. The second-order valence-corrected chi connectivity index (χ2v) is 6.89. The topological polar surface area (TPSA) is 81.2 Å². The van der Waals surface area contributed by atoms with Crippen LogP contribution in [-0.2, 0) is 11.2 Å². The standard InChI is InChI=1S/C18H25N3O2.ClH/c1-12-5-7-13(8-6-12)17-21-14(11-23-17)9-10-20-16(22)15(19)18(2,3)4;/h5-8,11,15H,9-10,19H2,1-4H3,(H,20,22);1H/t15-;/m1./s1. The lowest BCUT2D eigenvalue weighted by molar-refractivity contribution is -0.124. The molecule has 0 aliphatic heterocycles. The molecule has 6 heteroatoms. The number of carbonyl (C=O) groups excluding carboxylic acids is 1. The van der Waals surface area contributed by atoms with E-state index in [-0.39, 0.29) is 23.7 Å². The Bertz CT molecular complexity index is 660. The van der Waals surface area contributed by atoms with E-state index < -0.39 is 6.04 Å². The minimum Gasteiger partial charge on any atom is -0.444 e. The van der Waals surface area contributed by atoms with Crippen LogP contribution in [0.25, 0.3) is 11.5 Å². The molecule has 24 heavy (non-hydrogen) atoms. The lowest BCUT2D eigenvalue weighted by atomic mass is 9.87. The number of amides is 1. The summed E-state index contributed by atoms with van der Waals surface area (Å²) < 4.78 is 5.50. The first-order chi connectivity index (χ1) is 10.8. The van der Waals surface area contributed by atoms with Crippen LogP contribution in [0.4, 0.5) is 0 Å². The van der Waals surface area contributed by atoms with Crippen LogP contribution in [0.15, 0.2) is 34.9 Å². The zero-order valence-electron chi connectivity index (χ0n) is 14.6. The van der Waals surface area contributed by atoms with Crippen LogP contribution in [0.1, 0.15) is 32.0 Å². The minimum atomic E-state index is -0.525. The molecule has 1 atom stereocenters. The largest absolute Gasteiger partial charge is 0.444 e. The van der Waals surface area contributed by atoms with Gasteiger partial charge in [0.05, 0.1) is 11.7 Å². The normalized spacial score (nSPS) is 12.4. The third-order valence-electron chi connectivity index (χ3n) is 3.75. The molecule has 1 heterocycles. The molecule has 1 amide bonds. The van der Waals surface area contributed by atoms with Gasteiger partial charge in [-0.3, -0.25) is 4.79 Å². The van der Waals surface area contributed by atoms with Gasteiger partial charge in [0.25, 0.3) is 0 Å². The second kappa shape index (κ2) is 8.31. The first-order valence-corrected chi connectivity index (χ1v) is 7.82. The van der Waals surface area contributed by atoms with Crippen LogP contribution in [0.2, 0.25) is 0 Å². The Hall–Kier alpha value is -1.85. The highest BCUT2D eigenvalue weighted by Crippen LogP contribution is 2.19. The van der Waals surface area contributed by atoms with Crippen LogP contribution in [0, 0.1) is 12.3 Å². The quantitative estimate of drug-likeness (QED) is 0.867. The van der Waals surface area contributed by atoms with E-state index in [1.54, 1.807) is 6.26 Å². The molecule has 0 unspecified atom stereocenters. The predicted octanol–water partition coefficient (Wildman–Crippen LogP) is 3.10. The van der Waals surface area contributed by atoms with E-state index in [4.69, 9.17) is 10.2 Å². The van der Waals surface area contributed by atoms with Gasteiger partial charge in [0.1, 0.15) is 6.26 Å². The molecule has 0 fully saturated rings. The average Bonchev–Trinajstić information content (AvgIpc) is 2.95. The maximum absolute atomic E-state index is 12.0. The summed E-state index contributed by atoms with van der Waals surface area (Å²) >= 11 is 0. The molecule has 5 nitrogen and oxygen atoms in total. The van der Waals surface area contributed by atoms with Crippen molar-refractivity contribution >= 4 is 18.3 Å². The summed E-state index contributed by atoms with van der Waals surface area (Å²) in [6, 6.07) is 7.48. The summed E-state index contributed by atoms with van der Waals surface area (Å²) in [5.41, 5.74) is 8.61. The fraction of sp³-hybridized carbons (Fsp3) is 0.444. The van der Waals surface area contributed by atoms with Crippen molar-refractivity contribution in [2.75, 3.05) is 6.54 Å². The van der Waals surface area contributed by atoms with Crippen LogP contribution >= 0.6 is 12.4 Å². The summed E-state index contributed by atoms with van der Waals surface area (Å²) in [5.74, 6) is 0.456. The first-order valence-electron chi connectivity index (χ1n) is 7.82. The van der Waals surface area contributed by atoms with Gasteiger partial charge in [-0.15, -0.1) is 12.4 Å². The smallest absolute Gasteiger partial charge is 0.237 e. The van der Waals surface area contributed by atoms with E-state index in [0.717, 1.165) is 11.3 Å². The molecule has 3 N–H and O–H groups in total. The number of nitrogens with zero attached hydrogens (tertiary/aromatic N) is 1. The summed E-state index contributed by atoms with van der Waals surface area (Å²) in [4.78, 5) is 16.4. The molecule has 2 rings (SSSR count). The van der Waals surface area contributed by atoms with Crippen molar-refractivity contribution in [2.45, 2.75) is 40.2 Å². The lowest BCUT2D eigenvalue weighted by Crippen LogP contribution is -2.49. The van der Waals surface area contributed by atoms with Gasteiger partial charge in [-0.05, 0) is 24.5 Å². The third-order valence-corrected chi connectivity index (χ3v) is 3.75. The number of halogens is 1. The Balaban J connectivity index is 0.00000288. The van der Waals surface area contributed by atoms with Crippen molar-refractivity contribution in [3.8, 4) is 11.5 Å². The zero-order valence-corrected chi connectivity index (χ0v) is 15.4. The van der Waals surface area contributed by atoms with E-state index in [2.05, 4.69) is 10.3 Å². The minimum absolute atomic E-state index is 0. The van der Waals surface area contributed by atoms with Crippen LogP contribution in [0.5, 0.6) is 0 Å². The van der Waals surface area contributed by atoms with Crippen LogP contribution < -0.4 is 11.1 Å². The van der Waals surface area contributed by atoms with Crippen LogP contribution in [0.3, 0.4) is 0 Å². The van der Waals surface area contributed by atoms with Crippen molar-refractivity contribution in [2.24, 2.45) is 11.1 Å². The highest BCUT2D eigenvalue weighted by molar-refractivity contribution is 5.85. The summed E-state index contributed by atoms with van der Waals surface area (Å²) in [7, 11) is 0. The molecule has 0 aliphatic rings. The Morgan fingerprint density at radius 1 is 1.29 bits per heavy atom. The van der Waals surface area contributed by atoms with E-state index in [1.165, 1.54) is 5.56 Å². The summed E-state index contributed by atoms with van der Waals surface area (Å²) in [5, 5.41) is 2.85. The monoisotopic (exact) mass is 351 g/mol. The molecule has 0 radical (unpaired) electrons. The fourth-order valence-corrected chi connectivity index (χ4v) is 2.07. The predicted molar refractivity (Wildman–Crippen MR) is 98.1 cm³/mol. The molecular formula is C18H26ClN3O2. The fourth-order valence-electron chi connectivity index (χ4n) is 2.07. The van der Waals surface area contributed by atoms with Gasteiger partial charge in [-0.2, -0.15) is 0 Å². The van der Waals surface area contributed by atoms with Crippen molar-refractivity contribution in [1.29, 1.82) is 0 Å². The van der Waals surface area contributed by atoms with E-state index >= 15 is 0 Å². The number of aryl methyl sites for hydroxylation is 1. The van der Waals surface area contributed by atoms with E-state index in [9.17, 15) is 4.79 Å². The Labute approximate surface area is 149 Å².